The highest BCUT2D eigenvalue weighted by Gasteiger charge is 2.49. The van der Waals surface area contributed by atoms with Gasteiger partial charge in [0.05, 0.1) is 12.2 Å². The lowest BCUT2D eigenvalue weighted by molar-refractivity contribution is -0.224. The number of carbonyl (C=O) groups is 1. The molecule has 4 rings (SSSR count). The maximum atomic E-state index is 14.7. The number of tetrazole rings is 1. The molecule has 198 valence electrons. The van der Waals surface area contributed by atoms with Crippen molar-refractivity contribution >= 4 is 25.8 Å². The number of aliphatic hydroxyl groups excluding tert-OH is 1. The second kappa shape index (κ2) is 10.7. The van der Waals surface area contributed by atoms with Crippen molar-refractivity contribution in [2.24, 2.45) is 0 Å². The van der Waals surface area contributed by atoms with Crippen molar-refractivity contribution in [3.63, 3.8) is 0 Å². The van der Waals surface area contributed by atoms with Crippen LogP contribution in [-0.2, 0) is 9.30 Å². The number of rotatable bonds is 5. The Morgan fingerprint density at radius 1 is 1.22 bits per heavy atom. The Kier molecular flexibility index (Phi) is 8.04. The fourth-order valence-corrected chi connectivity index (χ4v) is 3.07. The molecule has 2 atom stereocenters. The van der Waals surface area contributed by atoms with Crippen LogP contribution in [0.4, 0.5) is 28.0 Å². The summed E-state index contributed by atoms with van der Waals surface area (Å²) in [7, 11) is -4.64. The first-order valence-corrected chi connectivity index (χ1v) is 11.4. The molecule has 0 bridgehead atoms. The van der Waals surface area contributed by atoms with Crippen LogP contribution in [0.5, 0.6) is 0 Å². The fraction of sp³-hybridized carbons (Fsp3) is 0.211. The summed E-state index contributed by atoms with van der Waals surface area (Å²) in [5.41, 5.74) is 0.939. The van der Waals surface area contributed by atoms with Gasteiger partial charge in [0.2, 0.25) is 5.82 Å². The number of hydrogen-bond donors (Lipinski definition) is 4. The molecule has 1 aromatic carbocycles. The van der Waals surface area contributed by atoms with Gasteiger partial charge < -0.3 is 24.5 Å². The first kappa shape index (κ1) is 27.8. The van der Waals surface area contributed by atoms with E-state index in [0.717, 1.165) is 15.8 Å². The summed E-state index contributed by atoms with van der Waals surface area (Å²) in [6.45, 7) is 2.93. The molecule has 1 saturated heterocycles. The normalized spacial score (nSPS) is 16.6. The molecule has 0 radical (unpaired) electrons. The number of carbonyl (C=O) groups excluding carboxylic acids is 1. The van der Waals surface area contributed by atoms with Crippen molar-refractivity contribution in [3.05, 3.63) is 48.9 Å². The molecule has 18 heteroatoms. The molecule has 0 aliphatic carbocycles. The van der Waals surface area contributed by atoms with Crippen LogP contribution in [0.2, 0.25) is 0 Å². The van der Waals surface area contributed by atoms with Crippen LogP contribution in [0.15, 0.2) is 43.1 Å². The topological polar surface area (TPSA) is 184 Å². The van der Waals surface area contributed by atoms with Crippen LogP contribution in [0.1, 0.15) is 0 Å². The van der Waals surface area contributed by atoms with E-state index in [1.165, 1.54) is 24.5 Å². The van der Waals surface area contributed by atoms with Gasteiger partial charge >= 0.3 is 20.1 Å². The first-order chi connectivity index (χ1) is 17.2. The summed E-state index contributed by atoms with van der Waals surface area (Å²) in [5, 5.41) is 20.9. The first-order valence-electron chi connectivity index (χ1n) is 9.87. The number of ether oxygens (including phenoxy) is 1. The zero-order valence-electron chi connectivity index (χ0n) is 18.3. The largest absolute Gasteiger partial charge is 0.466 e. The molecule has 3 aromatic rings. The van der Waals surface area contributed by atoms with E-state index in [4.69, 9.17) is 19.2 Å². The average molecular weight is 548 g/mol. The summed E-state index contributed by atoms with van der Waals surface area (Å²) in [4.78, 5) is 39.7. The lowest BCUT2D eigenvalue weighted by Crippen LogP contribution is -2.42. The van der Waals surface area contributed by atoms with E-state index in [0.29, 0.717) is 11.3 Å². The second-order valence-corrected chi connectivity index (χ2v) is 8.27. The van der Waals surface area contributed by atoms with Crippen molar-refractivity contribution < 1.29 is 51.4 Å². The molecule has 1 aliphatic heterocycles. The van der Waals surface area contributed by atoms with Gasteiger partial charge in [-0.05, 0) is 29.5 Å². The number of aromatic nitrogens is 5. The van der Waals surface area contributed by atoms with Crippen LogP contribution >= 0.6 is 7.82 Å². The molecule has 1 unspecified atom stereocenters. The van der Waals surface area contributed by atoms with E-state index in [1.54, 1.807) is 12.1 Å². The fourth-order valence-electron chi connectivity index (χ4n) is 3.07. The molecule has 4 N–H and O–H groups in total. The van der Waals surface area contributed by atoms with Crippen molar-refractivity contribution in [1.29, 1.82) is 0 Å². The van der Waals surface area contributed by atoms with Crippen LogP contribution in [-0.4, -0.2) is 76.0 Å². The van der Waals surface area contributed by atoms with Gasteiger partial charge in [-0.15, -0.1) is 15.0 Å². The van der Waals surface area contributed by atoms with Crippen molar-refractivity contribution in [2.45, 2.75) is 18.4 Å². The van der Waals surface area contributed by atoms with Crippen molar-refractivity contribution in [1.82, 2.24) is 25.2 Å². The van der Waals surface area contributed by atoms with Gasteiger partial charge in [0.1, 0.15) is 11.5 Å². The number of amides is 1. The number of nitrogens with zero attached hydrogens (tertiary/aromatic N) is 6. The zero-order valence-corrected chi connectivity index (χ0v) is 19.2. The lowest BCUT2D eigenvalue weighted by atomic mass is 10.1. The lowest BCUT2D eigenvalue weighted by Gasteiger charge is -2.19. The number of cyclic esters (lactones) is 1. The number of alkyl halides is 3. The van der Waals surface area contributed by atoms with Gasteiger partial charge in [-0.25, -0.2) is 13.8 Å². The molecular weight excluding hydrogens is 531 g/mol. The number of anilines is 1. The third-order valence-corrected chi connectivity index (χ3v) is 4.68. The third kappa shape index (κ3) is 7.14. The zero-order chi connectivity index (χ0) is 27.5. The molecule has 2 aromatic heterocycles. The minimum Gasteiger partial charge on any atom is -0.441 e. The van der Waals surface area contributed by atoms with Gasteiger partial charge in [0.15, 0.2) is 12.2 Å². The molecule has 0 saturated carbocycles. The third-order valence-electron chi connectivity index (χ3n) is 4.68. The maximum Gasteiger partial charge on any atom is 0.466 e. The van der Waals surface area contributed by atoms with Gasteiger partial charge in [-0.3, -0.25) is 9.88 Å². The molecule has 1 fully saturated rings. The number of halogens is 4. The Morgan fingerprint density at radius 3 is 2.41 bits per heavy atom. The highest BCUT2D eigenvalue weighted by atomic mass is 31.2. The Bertz CT molecular complexity index is 1320. The monoisotopic (exact) mass is 548 g/mol. The molecule has 0 spiro atoms. The Balaban J connectivity index is 0.000000695. The van der Waals surface area contributed by atoms with Crippen LogP contribution in [0, 0.1) is 5.82 Å². The number of aliphatic hydroxyl groups is 1. The highest BCUT2D eigenvalue weighted by Crippen LogP contribution is 2.32. The van der Waals surface area contributed by atoms with Crippen LogP contribution in [0.25, 0.3) is 28.8 Å². The van der Waals surface area contributed by atoms with E-state index in [-0.39, 0.29) is 17.1 Å². The predicted molar refractivity (Wildman–Crippen MR) is 117 cm³/mol. The quantitative estimate of drug-likeness (QED) is 0.270. The van der Waals surface area contributed by atoms with Gasteiger partial charge in [-0.2, -0.15) is 13.2 Å². The molecular formula is C19H17F4N6O7P. The van der Waals surface area contributed by atoms with E-state index < -0.39 is 44.7 Å². The van der Waals surface area contributed by atoms with E-state index in [2.05, 4.69) is 31.7 Å². The Hall–Kier alpha value is -3.76. The summed E-state index contributed by atoms with van der Waals surface area (Å²) in [5.74, 6) is -0.490. The van der Waals surface area contributed by atoms with Gasteiger partial charge in [0, 0.05) is 23.5 Å². The van der Waals surface area contributed by atoms with E-state index in [1.807, 2.05) is 0 Å². The minimum absolute atomic E-state index is 0.0112. The smallest absolute Gasteiger partial charge is 0.441 e. The predicted octanol–water partition coefficient (Wildman–Crippen LogP) is 1.96. The minimum atomic E-state index is -4.95. The van der Waals surface area contributed by atoms with E-state index in [9.17, 15) is 27.5 Å². The molecule has 13 nitrogen and oxygen atoms in total. The number of hydrogen-bond acceptors (Lipinski definition) is 8. The summed E-state index contributed by atoms with van der Waals surface area (Å²) in [6, 6.07) is 6.84. The van der Waals surface area contributed by atoms with E-state index >= 15 is 0 Å². The summed E-state index contributed by atoms with van der Waals surface area (Å²) < 4.78 is 66.3. The average Bonchev–Trinajstić information content (AvgIpc) is 3.44. The van der Waals surface area contributed by atoms with Crippen LogP contribution in [0.3, 0.4) is 0 Å². The van der Waals surface area contributed by atoms with Crippen LogP contribution < -0.4 is 4.90 Å². The maximum absolute atomic E-state index is 14.7. The Morgan fingerprint density at radius 2 is 1.89 bits per heavy atom. The van der Waals surface area contributed by atoms with Gasteiger partial charge in [0.25, 0.3) is 0 Å². The van der Waals surface area contributed by atoms with Crippen molar-refractivity contribution in [3.8, 4) is 22.6 Å². The number of benzene rings is 1. The van der Waals surface area contributed by atoms with Gasteiger partial charge in [-0.1, -0.05) is 12.6 Å². The second-order valence-electron chi connectivity index (χ2n) is 7.24. The van der Waals surface area contributed by atoms with Crippen molar-refractivity contribution in [2.75, 3.05) is 11.4 Å². The SMILES string of the molecule is C=Cn1nnc(-c2ccc(-c3ccc(N4C[C@@H](C(O)C(F)(F)F)OC4=O)cc3F)cn2)n1.O=P(O)(O)O. The standard InChI is InChI=1S/C19H14F4N6O3.H3O4P/c1-2-29-26-17(25-27-29)14-6-3-10(8-24-14)12-5-4-11(7-13(12)20)28-9-15(32-18(28)31)16(30)19(21,22)23;1-5(2,3)4/h2-8,15-16,30H,1,9H2;(H3,1,2,3,4)/t15-,16?;/m0./s1. The Labute approximate surface area is 204 Å². The number of pyridine rings is 1. The summed E-state index contributed by atoms with van der Waals surface area (Å²) >= 11 is 0. The molecule has 3 heterocycles. The highest BCUT2D eigenvalue weighted by molar-refractivity contribution is 7.45. The number of phosphoric acid groups is 1. The summed E-state index contributed by atoms with van der Waals surface area (Å²) in [6.07, 6.45) is -7.98. The molecule has 1 aliphatic rings. The molecule has 1 amide bonds. The molecule has 37 heavy (non-hydrogen) atoms.